The quantitative estimate of drug-likeness (QED) is 0.801. The van der Waals surface area contributed by atoms with Crippen LogP contribution in [0.15, 0.2) is 49.6 Å². The molecule has 2 amide bonds. The highest BCUT2D eigenvalue weighted by atomic mass is 19.4. The summed E-state index contributed by atoms with van der Waals surface area (Å²) in [6.45, 7) is 4.22. The minimum atomic E-state index is -4.48. The highest BCUT2D eigenvalue weighted by Crippen LogP contribution is 2.30. The molecule has 1 aromatic carbocycles. The molecule has 7 nitrogen and oxygen atoms in total. The van der Waals surface area contributed by atoms with Crippen molar-refractivity contribution in [3.05, 3.63) is 66.4 Å². The van der Waals surface area contributed by atoms with Crippen LogP contribution in [0.5, 0.6) is 0 Å². The second kappa shape index (κ2) is 7.52. The predicted molar refractivity (Wildman–Crippen MR) is 91.8 cm³/mol. The lowest BCUT2D eigenvalue weighted by atomic mass is 10.1. The SMILES string of the molecule is C=CNN(Nc1cccc(C(F)(F)F)c1)C(=O)N1CCc2ncncc2C1. The summed E-state index contributed by atoms with van der Waals surface area (Å²) in [5.74, 6) is 0. The summed E-state index contributed by atoms with van der Waals surface area (Å²) >= 11 is 0. The standard InChI is InChI=1S/C17H17F3N6O/c1-2-23-26(24-14-5-3-4-13(8-14)17(18,19)20)16(27)25-7-6-15-12(10-25)9-21-11-22-15/h2-5,8-9,11,23-24H,1,6-7,10H2. The number of urea groups is 1. The van der Waals surface area contributed by atoms with E-state index in [0.717, 1.165) is 28.5 Å². The minimum Gasteiger partial charge on any atom is -0.317 e. The normalized spacial score (nSPS) is 13.5. The molecule has 3 rings (SSSR count). The lowest BCUT2D eigenvalue weighted by molar-refractivity contribution is -0.137. The molecular weight excluding hydrogens is 361 g/mol. The van der Waals surface area contributed by atoms with Crippen LogP contribution < -0.4 is 10.9 Å². The maximum atomic E-state index is 12.9. The molecule has 0 unspecified atom stereocenters. The highest BCUT2D eigenvalue weighted by molar-refractivity contribution is 5.76. The van der Waals surface area contributed by atoms with E-state index >= 15 is 0 Å². The number of aromatic nitrogens is 2. The van der Waals surface area contributed by atoms with E-state index in [1.54, 1.807) is 6.20 Å². The van der Waals surface area contributed by atoms with Gasteiger partial charge in [-0.05, 0) is 18.2 Å². The summed E-state index contributed by atoms with van der Waals surface area (Å²) in [4.78, 5) is 22.5. The summed E-state index contributed by atoms with van der Waals surface area (Å²) < 4.78 is 38.6. The maximum Gasteiger partial charge on any atom is 0.416 e. The molecule has 0 radical (unpaired) electrons. The smallest absolute Gasteiger partial charge is 0.317 e. The van der Waals surface area contributed by atoms with Gasteiger partial charge in [-0.2, -0.15) is 13.2 Å². The van der Waals surface area contributed by atoms with E-state index in [-0.39, 0.29) is 5.69 Å². The van der Waals surface area contributed by atoms with Gasteiger partial charge in [0.15, 0.2) is 0 Å². The summed E-state index contributed by atoms with van der Waals surface area (Å²) in [5, 5.41) is 0.983. The number of benzene rings is 1. The summed E-state index contributed by atoms with van der Waals surface area (Å²) in [5.41, 5.74) is 6.23. The van der Waals surface area contributed by atoms with Crippen molar-refractivity contribution in [2.45, 2.75) is 19.1 Å². The Morgan fingerprint density at radius 3 is 2.93 bits per heavy atom. The van der Waals surface area contributed by atoms with Crippen LogP contribution in [-0.2, 0) is 19.1 Å². The summed E-state index contributed by atoms with van der Waals surface area (Å²) in [6.07, 6.45) is 0.438. The number of halogens is 3. The highest BCUT2D eigenvalue weighted by Gasteiger charge is 2.31. The Morgan fingerprint density at radius 1 is 1.37 bits per heavy atom. The van der Waals surface area contributed by atoms with Gasteiger partial charge in [-0.15, -0.1) is 5.12 Å². The van der Waals surface area contributed by atoms with Crippen molar-refractivity contribution in [2.24, 2.45) is 0 Å². The summed E-state index contributed by atoms with van der Waals surface area (Å²) in [6, 6.07) is 4.10. The van der Waals surface area contributed by atoms with Crippen LogP contribution in [0, 0.1) is 0 Å². The molecule has 0 bridgehead atoms. The first-order valence-corrected chi connectivity index (χ1v) is 8.06. The molecule has 1 aliphatic rings. The molecule has 2 aromatic rings. The van der Waals surface area contributed by atoms with Crippen LogP contribution in [0.4, 0.5) is 23.7 Å². The largest absolute Gasteiger partial charge is 0.416 e. The molecule has 1 aromatic heterocycles. The van der Waals surface area contributed by atoms with Crippen LogP contribution in [0.2, 0.25) is 0 Å². The van der Waals surface area contributed by atoms with E-state index in [1.165, 1.54) is 29.6 Å². The molecule has 0 fully saturated rings. The number of hydrogen-bond donors (Lipinski definition) is 2. The topological polar surface area (TPSA) is 73.4 Å². The van der Waals surface area contributed by atoms with Crippen LogP contribution in [0.3, 0.4) is 0 Å². The molecule has 0 saturated carbocycles. The van der Waals surface area contributed by atoms with Gasteiger partial charge in [-0.25, -0.2) is 14.8 Å². The number of rotatable bonds is 4. The third-order valence-electron chi connectivity index (χ3n) is 3.97. The Bertz CT molecular complexity index is 841. The van der Waals surface area contributed by atoms with Crippen molar-refractivity contribution in [3.63, 3.8) is 0 Å². The van der Waals surface area contributed by atoms with Gasteiger partial charge in [0, 0.05) is 30.9 Å². The molecule has 2 heterocycles. The number of nitrogens with zero attached hydrogens (tertiary/aromatic N) is 4. The van der Waals surface area contributed by atoms with E-state index in [1.807, 2.05) is 0 Å². The number of carbonyl (C=O) groups is 1. The lowest BCUT2D eigenvalue weighted by Gasteiger charge is -2.33. The van der Waals surface area contributed by atoms with Crippen LogP contribution in [0.25, 0.3) is 0 Å². The van der Waals surface area contributed by atoms with Crippen LogP contribution in [0.1, 0.15) is 16.8 Å². The number of anilines is 1. The van der Waals surface area contributed by atoms with Crippen LogP contribution in [-0.4, -0.2) is 32.6 Å². The van der Waals surface area contributed by atoms with Crippen molar-refractivity contribution in [1.82, 2.24) is 25.4 Å². The lowest BCUT2D eigenvalue weighted by Crippen LogP contribution is -2.52. The average molecular weight is 378 g/mol. The molecule has 2 N–H and O–H groups in total. The van der Waals surface area contributed by atoms with Crippen molar-refractivity contribution >= 4 is 11.7 Å². The van der Waals surface area contributed by atoms with Crippen molar-refractivity contribution in [2.75, 3.05) is 12.0 Å². The van der Waals surface area contributed by atoms with Gasteiger partial charge in [0.1, 0.15) is 6.33 Å². The number of fused-ring (bicyclic) bond motifs is 1. The van der Waals surface area contributed by atoms with Gasteiger partial charge < -0.3 is 4.90 Å². The molecule has 0 saturated heterocycles. The zero-order valence-electron chi connectivity index (χ0n) is 14.2. The van der Waals surface area contributed by atoms with Crippen molar-refractivity contribution < 1.29 is 18.0 Å². The zero-order valence-corrected chi connectivity index (χ0v) is 14.2. The van der Waals surface area contributed by atoms with Gasteiger partial charge >= 0.3 is 12.2 Å². The number of alkyl halides is 3. The fourth-order valence-electron chi connectivity index (χ4n) is 2.69. The fraction of sp³-hybridized carbons (Fsp3) is 0.235. The van der Waals surface area contributed by atoms with Crippen LogP contribution >= 0.6 is 0 Å². The Hall–Kier alpha value is -3.30. The summed E-state index contributed by atoms with van der Waals surface area (Å²) in [7, 11) is 0. The minimum absolute atomic E-state index is 0.105. The Morgan fingerprint density at radius 2 is 2.19 bits per heavy atom. The van der Waals surface area contributed by atoms with E-state index < -0.39 is 17.8 Å². The Labute approximate surface area is 153 Å². The van der Waals surface area contributed by atoms with E-state index in [2.05, 4.69) is 27.4 Å². The zero-order chi connectivity index (χ0) is 19.4. The third-order valence-corrected chi connectivity index (χ3v) is 3.97. The number of hydrogen-bond acceptors (Lipinski definition) is 5. The molecule has 0 spiro atoms. The van der Waals surface area contributed by atoms with Crippen molar-refractivity contribution in [1.29, 1.82) is 0 Å². The second-order valence-electron chi connectivity index (χ2n) is 5.81. The molecular formula is C17H17F3N6O. The Balaban J connectivity index is 1.76. The average Bonchev–Trinajstić information content (AvgIpc) is 2.66. The monoisotopic (exact) mass is 378 g/mol. The predicted octanol–water partition coefficient (Wildman–Crippen LogP) is 2.95. The van der Waals surface area contributed by atoms with Gasteiger partial charge in [-0.1, -0.05) is 12.6 Å². The molecule has 10 heteroatoms. The van der Waals surface area contributed by atoms with Crippen molar-refractivity contribution in [3.8, 4) is 0 Å². The number of hydrazine groups is 2. The first kappa shape index (κ1) is 18.5. The van der Waals surface area contributed by atoms with E-state index in [9.17, 15) is 18.0 Å². The molecule has 0 aliphatic carbocycles. The van der Waals surface area contributed by atoms with E-state index in [4.69, 9.17) is 0 Å². The first-order valence-electron chi connectivity index (χ1n) is 8.06. The van der Waals surface area contributed by atoms with Gasteiger partial charge in [0.05, 0.1) is 23.5 Å². The third kappa shape index (κ3) is 4.27. The second-order valence-corrected chi connectivity index (χ2v) is 5.81. The Kier molecular flexibility index (Phi) is 5.15. The molecule has 1 aliphatic heterocycles. The van der Waals surface area contributed by atoms with Gasteiger partial charge in [0.25, 0.3) is 0 Å². The maximum absolute atomic E-state index is 12.9. The van der Waals surface area contributed by atoms with Gasteiger partial charge in [0.2, 0.25) is 0 Å². The molecule has 142 valence electrons. The fourth-order valence-corrected chi connectivity index (χ4v) is 2.69. The van der Waals surface area contributed by atoms with E-state index in [0.29, 0.717) is 19.5 Å². The number of nitrogens with one attached hydrogen (secondary N) is 2. The first-order chi connectivity index (χ1) is 12.9. The number of amides is 2. The molecule has 0 atom stereocenters. The number of carbonyl (C=O) groups excluding carboxylic acids is 1. The van der Waals surface area contributed by atoms with Gasteiger partial charge in [-0.3, -0.25) is 10.9 Å². The molecule has 27 heavy (non-hydrogen) atoms.